The fourth-order valence-electron chi connectivity index (χ4n) is 4.16. The summed E-state index contributed by atoms with van der Waals surface area (Å²) in [6, 6.07) is 30.8. The summed E-state index contributed by atoms with van der Waals surface area (Å²) >= 11 is 0. The molecule has 2 heteroatoms. The fraction of sp³-hybridized carbons (Fsp3) is 0.233. The van der Waals surface area contributed by atoms with Crippen molar-refractivity contribution in [1.29, 1.82) is 0 Å². The summed E-state index contributed by atoms with van der Waals surface area (Å²) in [5.41, 5.74) is 8.55. The summed E-state index contributed by atoms with van der Waals surface area (Å²) in [6.07, 6.45) is 3.12. The average Bonchev–Trinajstić information content (AvgIpc) is 2.79. The van der Waals surface area contributed by atoms with Gasteiger partial charge in [-0.15, -0.1) is 0 Å². The van der Waals surface area contributed by atoms with Gasteiger partial charge in [0, 0.05) is 17.3 Å². The highest BCUT2D eigenvalue weighted by Gasteiger charge is 2.17. The second-order valence-corrected chi connectivity index (χ2v) is 15.2. The van der Waals surface area contributed by atoms with Crippen molar-refractivity contribution in [3.63, 3.8) is 0 Å². The molecule has 1 aromatic heterocycles. The molecule has 0 fully saturated rings. The van der Waals surface area contributed by atoms with Crippen LogP contribution in [0.2, 0.25) is 19.6 Å². The monoisotopic (exact) mass is 435 g/mol. The average molecular weight is 436 g/mol. The molecular formula is C30H33NSi. The Labute approximate surface area is 194 Å². The van der Waals surface area contributed by atoms with Crippen LogP contribution in [0.25, 0.3) is 33.5 Å². The van der Waals surface area contributed by atoms with Gasteiger partial charge in [0.25, 0.3) is 0 Å². The van der Waals surface area contributed by atoms with E-state index in [9.17, 15) is 0 Å². The van der Waals surface area contributed by atoms with Gasteiger partial charge in [-0.1, -0.05) is 111 Å². The van der Waals surface area contributed by atoms with Crippen molar-refractivity contribution in [2.45, 2.75) is 39.9 Å². The van der Waals surface area contributed by atoms with Crippen molar-refractivity contribution in [3.8, 4) is 33.5 Å². The molecule has 0 atom stereocenters. The molecule has 0 N–H and O–H groups in total. The lowest BCUT2D eigenvalue weighted by Gasteiger charge is -2.18. The maximum Gasteiger partial charge on any atom is 0.0775 e. The van der Waals surface area contributed by atoms with Gasteiger partial charge in [0.2, 0.25) is 0 Å². The third-order valence-corrected chi connectivity index (χ3v) is 8.01. The molecule has 0 aliphatic carbocycles. The van der Waals surface area contributed by atoms with E-state index in [1.165, 1.54) is 33.0 Å². The molecule has 4 rings (SSSR count). The summed E-state index contributed by atoms with van der Waals surface area (Å²) in [4.78, 5) is 4.91. The number of rotatable bonds is 6. The summed E-state index contributed by atoms with van der Waals surface area (Å²) in [6.45, 7) is 11.8. The third-order valence-electron chi connectivity index (χ3n) is 5.95. The topological polar surface area (TPSA) is 12.9 Å². The molecule has 1 nitrogen and oxygen atoms in total. The van der Waals surface area contributed by atoms with Crippen LogP contribution in [0.5, 0.6) is 0 Å². The van der Waals surface area contributed by atoms with Crippen LogP contribution in [0.4, 0.5) is 0 Å². The summed E-state index contributed by atoms with van der Waals surface area (Å²) in [7, 11) is -1.30. The molecule has 162 valence electrons. The van der Waals surface area contributed by atoms with E-state index >= 15 is 0 Å². The molecule has 0 unspecified atom stereocenters. The predicted octanol–water partition coefficient (Wildman–Crippen LogP) is 7.83. The first-order chi connectivity index (χ1) is 15.3. The van der Waals surface area contributed by atoms with Gasteiger partial charge in [0.05, 0.1) is 13.8 Å². The van der Waals surface area contributed by atoms with Gasteiger partial charge in [-0.2, -0.15) is 0 Å². The van der Waals surface area contributed by atoms with Crippen molar-refractivity contribution in [2.24, 2.45) is 5.92 Å². The number of benzene rings is 3. The van der Waals surface area contributed by atoms with Crippen molar-refractivity contribution in [3.05, 3.63) is 96.7 Å². The first-order valence-electron chi connectivity index (χ1n) is 11.6. The molecule has 32 heavy (non-hydrogen) atoms. The van der Waals surface area contributed by atoms with E-state index in [2.05, 4.69) is 125 Å². The molecule has 0 saturated heterocycles. The molecule has 3 aromatic carbocycles. The zero-order valence-corrected chi connectivity index (χ0v) is 20.9. The van der Waals surface area contributed by atoms with Gasteiger partial charge in [-0.3, -0.25) is 4.98 Å². The maximum atomic E-state index is 4.91. The van der Waals surface area contributed by atoms with E-state index in [0.717, 1.165) is 17.7 Å². The van der Waals surface area contributed by atoms with Crippen LogP contribution in [0.3, 0.4) is 0 Å². The van der Waals surface area contributed by atoms with Crippen LogP contribution in [-0.2, 0) is 6.42 Å². The molecular weight excluding hydrogens is 402 g/mol. The van der Waals surface area contributed by atoms with Crippen LogP contribution in [0.1, 0.15) is 19.4 Å². The zero-order valence-electron chi connectivity index (χ0n) is 19.9. The maximum absolute atomic E-state index is 4.91. The van der Waals surface area contributed by atoms with E-state index in [1.807, 2.05) is 0 Å². The Morgan fingerprint density at radius 3 is 2.00 bits per heavy atom. The van der Waals surface area contributed by atoms with Crippen molar-refractivity contribution < 1.29 is 0 Å². The number of aromatic nitrogens is 1. The summed E-state index contributed by atoms with van der Waals surface area (Å²) < 4.78 is 0. The zero-order chi connectivity index (χ0) is 22.7. The molecule has 0 radical (unpaired) electrons. The van der Waals surface area contributed by atoms with Gasteiger partial charge in [0.1, 0.15) is 0 Å². The molecule has 0 amide bonds. The first kappa shape index (κ1) is 22.2. The minimum atomic E-state index is -1.30. The number of pyridine rings is 1. The van der Waals surface area contributed by atoms with Crippen LogP contribution >= 0.6 is 0 Å². The second-order valence-electron chi connectivity index (χ2n) is 10.1. The van der Waals surface area contributed by atoms with Crippen LogP contribution in [0.15, 0.2) is 91.1 Å². The number of nitrogens with zero attached hydrogens (tertiary/aromatic N) is 1. The number of hydrogen-bond donors (Lipinski definition) is 0. The van der Waals surface area contributed by atoms with Crippen molar-refractivity contribution >= 4 is 13.3 Å². The van der Waals surface area contributed by atoms with Crippen LogP contribution in [-0.4, -0.2) is 13.1 Å². The van der Waals surface area contributed by atoms with Crippen molar-refractivity contribution in [2.75, 3.05) is 0 Å². The molecule has 0 saturated carbocycles. The Balaban J connectivity index is 1.73. The molecule has 0 aliphatic rings. The van der Waals surface area contributed by atoms with Crippen LogP contribution in [0, 0.1) is 5.92 Å². The van der Waals surface area contributed by atoms with E-state index in [0.29, 0.717) is 5.92 Å². The Bertz CT molecular complexity index is 1190. The van der Waals surface area contributed by atoms with Crippen LogP contribution < -0.4 is 5.19 Å². The smallest absolute Gasteiger partial charge is 0.0775 e. The van der Waals surface area contributed by atoms with E-state index in [4.69, 9.17) is 4.98 Å². The van der Waals surface area contributed by atoms with Gasteiger partial charge in [-0.25, -0.2) is 0 Å². The SMILES string of the molecule is CC(C)Cc1cc(-c2cccc(-c3ccccc3)c2)ncc1-c1ccc([Si](C)(C)C)cc1. The Kier molecular flexibility index (Phi) is 6.43. The molecule has 0 aliphatic heterocycles. The van der Waals surface area contributed by atoms with Gasteiger partial charge in [-0.05, 0) is 46.7 Å². The summed E-state index contributed by atoms with van der Waals surface area (Å²) in [5, 5.41) is 1.49. The first-order valence-corrected chi connectivity index (χ1v) is 15.1. The molecule has 0 bridgehead atoms. The van der Waals surface area contributed by atoms with Gasteiger partial charge in [0.15, 0.2) is 0 Å². The predicted molar refractivity (Wildman–Crippen MR) is 142 cm³/mol. The van der Waals surface area contributed by atoms with E-state index in [-0.39, 0.29) is 0 Å². The lowest BCUT2D eigenvalue weighted by molar-refractivity contribution is 0.648. The molecule has 4 aromatic rings. The Morgan fingerprint density at radius 1 is 0.688 bits per heavy atom. The van der Waals surface area contributed by atoms with E-state index in [1.54, 1.807) is 0 Å². The second kappa shape index (κ2) is 9.26. The highest BCUT2D eigenvalue weighted by atomic mass is 28.3. The van der Waals surface area contributed by atoms with Gasteiger partial charge < -0.3 is 0 Å². The molecule has 0 spiro atoms. The fourth-order valence-corrected chi connectivity index (χ4v) is 5.33. The Hall–Kier alpha value is -2.97. The number of hydrogen-bond acceptors (Lipinski definition) is 1. The van der Waals surface area contributed by atoms with Gasteiger partial charge >= 0.3 is 0 Å². The van der Waals surface area contributed by atoms with E-state index < -0.39 is 8.07 Å². The summed E-state index contributed by atoms with van der Waals surface area (Å²) in [5.74, 6) is 0.584. The largest absolute Gasteiger partial charge is 0.256 e. The molecule has 1 heterocycles. The lowest BCUT2D eigenvalue weighted by atomic mass is 9.93. The minimum Gasteiger partial charge on any atom is -0.256 e. The standard InChI is InChI=1S/C30H33NSi/c1-22(2)18-27-20-30(26-13-9-12-25(19-26)23-10-7-6-8-11-23)31-21-29(27)24-14-16-28(17-15-24)32(3,4)5/h6-17,19-22H,18H2,1-5H3. The Morgan fingerprint density at radius 2 is 1.34 bits per heavy atom. The third kappa shape index (κ3) is 5.08. The minimum absolute atomic E-state index is 0.584. The normalized spacial score (nSPS) is 11.7. The van der Waals surface area contributed by atoms with Crippen molar-refractivity contribution in [1.82, 2.24) is 4.98 Å². The highest BCUT2D eigenvalue weighted by molar-refractivity contribution is 6.88. The quantitative estimate of drug-likeness (QED) is 0.281. The lowest BCUT2D eigenvalue weighted by Crippen LogP contribution is -2.37. The highest BCUT2D eigenvalue weighted by Crippen LogP contribution is 2.30.